The number of fused-ring (bicyclic) bond motifs is 1. The average molecular weight is 351 g/mol. The summed E-state index contributed by atoms with van der Waals surface area (Å²) < 4.78 is 6.22. The van der Waals surface area contributed by atoms with Crippen molar-refractivity contribution in [1.29, 1.82) is 0 Å². The highest BCUT2D eigenvalue weighted by atomic mass is 16.5. The predicted molar refractivity (Wildman–Crippen MR) is 112 cm³/mol. The van der Waals surface area contributed by atoms with Crippen molar-refractivity contribution in [2.45, 2.75) is 32.8 Å². The van der Waals surface area contributed by atoms with Gasteiger partial charge in [-0.15, -0.1) is 0 Å². The molecular formula is C23H30N2O. The lowest BCUT2D eigenvalue weighted by atomic mass is 9.91. The molecule has 0 fully saturated rings. The van der Waals surface area contributed by atoms with E-state index in [1.807, 2.05) is 0 Å². The first-order chi connectivity index (χ1) is 12.6. The standard InChI is InChI=1S/C23H30N2O/c1-5-23(3)21-9-7-8-10-22(21)25(17-18-26-23)16-15-19-11-13-20(14-12-19)24(4)6-2/h7-16H,5-6,17-18H2,1-4H3/b16-15+. The summed E-state index contributed by atoms with van der Waals surface area (Å²) in [6.45, 7) is 9.15. The quantitative estimate of drug-likeness (QED) is 0.730. The molecule has 2 aromatic rings. The zero-order valence-corrected chi connectivity index (χ0v) is 16.4. The molecule has 138 valence electrons. The summed E-state index contributed by atoms with van der Waals surface area (Å²) in [5.41, 5.74) is 4.75. The molecule has 3 nitrogen and oxygen atoms in total. The van der Waals surface area contributed by atoms with Crippen molar-refractivity contribution in [1.82, 2.24) is 0 Å². The molecule has 0 N–H and O–H groups in total. The molecule has 2 aromatic carbocycles. The van der Waals surface area contributed by atoms with Gasteiger partial charge in [0.1, 0.15) is 0 Å². The second kappa shape index (κ2) is 7.96. The Morgan fingerprint density at radius 1 is 1.12 bits per heavy atom. The molecule has 0 radical (unpaired) electrons. The van der Waals surface area contributed by atoms with Crippen molar-refractivity contribution in [3.8, 4) is 0 Å². The zero-order valence-electron chi connectivity index (χ0n) is 16.4. The normalized spacial score (nSPS) is 20.1. The van der Waals surface area contributed by atoms with E-state index in [-0.39, 0.29) is 5.60 Å². The van der Waals surface area contributed by atoms with Crippen molar-refractivity contribution in [3.05, 3.63) is 65.9 Å². The number of anilines is 2. The molecule has 0 aliphatic carbocycles. The van der Waals surface area contributed by atoms with Crippen molar-refractivity contribution in [3.63, 3.8) is 0 Å². The maximum absolute atomic E-state index is 6.22. The van der Waals surface area contributed by atoms with Crippen LogP contribution in [0.15, 0.2) is 54.7 Å². The number of para-hydroxylation sites is 1. The van der Waals surface area contributed by atoms with Gasteiger partial charge in [-0.05, 0) is 50.1 Å². The zero-order chi connectivity index (χ0) is 18.6. The third-order valence-corrected chi connectivity index (χ3v) is 5.47. The SMILES string of the molecule is CCN(C)c1ccc(/C=C/N2CCOC(C)(CC)c3ccccc32)cc1. The molecule has 0 aromatic heterocycles. The number of hydrogen-bond acceptors (Lipinski definition) is 3. The summed E-state index contributed by atoms with van der Waals surface area (Å²) in [6, 6.07) is 17.3. The highest BCUT2D eigenvalue weighted by Crippen LogP contribution is 2.38. The first-order valence-electron chi connectivity index (χ1n) is 9.57. The van der Waals surface area contributed by atoms with Crippen LogP contribution in [0, 0.1) is 0 Å². The van der Waals surface area contributed by atoms with Crippen LogP contribution in [-0.4, -0.2) is 26.7 Å². The van der Waals surface area contributed by atoms with E-state index in [1.54, 1.807) is 0 Å². The van der Waals surface area contributed by atoms with Gasteiger partial charge >= 0.3 is 0 Å². The van der Waals surface area contributed by atoms with E-state index in [2.05, 4.69) is 98.4 Å². The second-order valence-corrected chi connectivity index (χ2v) is 7.06. The Kier molecular flexibility index (Phi) is 5.67. The van der Waals surface area contributed by atoms with Crippen LogP contribution in [0.25, 0.3) is 6.08 Å². The lowest BCUT2D eigenvalue weighted by Crippen LogP contribution is -2.24. The first kappa shape index (κ1) is 18.5. The Bertz CT molecular complexity index is 753. The van der Waals surface area contributed by atoms with Crippen molar-refractivity contribution < 1.29 is 4.74 Å². The van der Waals surface area contributed by atoms with Crippen LogP contribution >= 0.6 is 0 Å². The van der Waals surface area contributed by atoms with Crippen molar-refractivity contribution >= 4 is 17.5 Å². The number of ether oxygens (including phenoxy) is 1. The molecule has 3 heteroatoms. The topological polar surface area (TPSA) is 15.7 Å². The molecule has 1 aliphatic heterocycles. The molecule has 3 rings (SSSR count). The lowest BCUT2D eigenvalue weighted by molar-refractivity contribution is -0.0310. The fraction of sp³-hybridized carbons (Fsp3) is 0.391. The third kappa shape index (κ3) is 3.78. The monoisotopic (exact) mass is 350 g/mol. The highest BCUT2D eigenvalue weighted by Gasteiger charge is 2.31. The Balaban J connectivity index is 1.85. The van der Waals surface area contributed by atoms with Gasteiger partial charge < -0.3 is 14.5 Å². The Morgan fingerprint density at radius 2 is 1.85 bits per heavy atom. The number of nitrogens with zero attached hydrogens (tertiary/aromatic N) is 2. The van der Waals surface area contributed by atoms with Gasteiger partial charge in [0.2, 0.25) is 0 Å². The van der Waals surface area contributed by atoms with Crippen LogP contribution in [0.3, 0.4) is 0 Å². The number of benzene rings is 2. The van der Waals surface area contributed by atoms with Crippen LogP contribution in [0.5, 0.6) is 0 Å². The molecule has 1 aliphatic rings. The van der Waals surface area contributed by atoms with Gasteiger partial charge in [0.05, 0.1) is 12.2 Å². The molecule has 26 heavy (non-hydrogen) atoms. The molecule has 1 heterocycles. The molecule has 0 bridgehead atoms. The highest BCUT2D eigenvalue weighted by molar-refractivity contribution is 5.63. The summed E-state index contributed by atoms with van der Waals surface area (Å²) in [5.74, 6) is 0. The lowest BCUT2D eigenvalue weighted by Gasteiger charge is -2.29. The maximum atomic E-state index is 6.22. The van der Waals surface area contributed by atoms with E-state index < -0.39 is 0 Å². The molecule has 0 spiro atoms. The summed E-state index contributed by atoms with van der Waals surface area (Å²) in [5, 5.41) is 0. The fourth-order valence-electron chi connectivity index (χ4n) is 3.38. The Morgan fingerprint density at radius 3 is 2.54 bits per heavy atom. The third-order valence-electron chi connectivity index (χ3n) is 5.47. The van der Waals surface area contributed by atoms with Crippen LogP contribution in [-0.2, 0) is 10.3 Å². The number of hydrogen-bond donors (Lipinski definition) is 0. The minimum absolute atomic E-state index is 0.217. The molecule has 1 unspecified atom stereocenters. The van der Waals surface area contributed by atoms with Crippen LogP contribution in [0.4, 0.5) is 11.4 Å². The summed E-state index contributed by atoms with van der Waals surface area (Å²) in [6.07, 6.45) is 5.33. The van der Waals surface area contributed by atoms with E-state index in [0.29, 0.717) is 0 Å². The van der Waals surface area contributed by atoms with E-state index in [0.717, 1.165) is 26.1 Å². The molecular weight excluding hydrogens is 320 g/mol. The molecule has 0 amide bonds. The van der Waals surface area contributed by atoms with Gasteiger partial charge in [0.25, 0.3) is 0 Å². The van der Waals surface area contributed by atoms with Gasteiger partial charge in [-0.3, -0.25) is 0 Å². The van der Waals surface area contributed by atoms with Gasteiger partial charge in [-0.1, -0.05) is 37.3 Å². The van der Waals surface area contributed by atoms with Crippen LogP contribution in [0.2, 0.25) is 0 Å². The Hall–Kier alpha value is -2.26. The predicted octanol–water partition coefficient (Wildman–Crippen LogP) is 5.28. The van der Waals surface area contributed by atoms with E-state index in [9.17, 15) is 0 Å². The molecule has 0 saturated carbocycles. The molecule has 0 saturated heterocycles. The molecule has 1 atom stereocenters. The van der Waals surface area contributed by atoms with E-state index in [1.165, 1.54) is 22.5 Å². The summed E-state index contributed by atoms with van der Waals surface area (Å²) in [7, 11) is 2.11. The largest absolute Gasteiger partial charge is 0.375 e. The first-order valence-corrected chi connectivity index (χ1v) is 9.57. The van der Waals surface area contributed by atoms with Gasteiger partial charge in [-0.25, -0.2) is 0 Å². The van der Waals surface area contributed by atoms with Gasteiger partial charge in [0, 0.05) is 43.3 Å². The van der Waals surface area contributed by atoms with Crippen molar-refractivity contribution in [2.75, 3.05) is 36.5 Å². The maximum Gasteiger partial charge on any atom is 0.0921 e. The smallest absolute Gasteiger partial charge is 0.0921 e. The van der Waals surface area contributed by atoms with E-state index >= 15 is 0 Å². The average Bonchev–Trinajstić information content (AvgIpc) is 2.83. The van der Waals surface area contributed by atoms with Crippen molar-refractivity contribution in [2.24, 2.45) is 0 Å². The van der Waals surface area contributed by atoms with Crippen LogP contribution < -0.4 is 9.80 Å². The second-order valence-electron chi connectivity index (χ2n) is 7.06. The summed E-state index contributed by atoms with van der Waals surface area (Å²) >= 11 is 0. The minimum Gasteiger partial charge on any atom is -0.375 e. The number of rotatable bonds is 5. The van der Waals surface area contributed by atoms with Gasteiger partial charge in [-0.2, -0.15) is 0 Å². The summed E-state index contributed by atoms with van der Waals surface area (Å²) in [4.78, 5) is 4.55. The van der Waals surface area contributed by atoms with E-state index in [4.69, 9.17) is 4.74 Å². The Labute approximate surface area is 157 Å². The van der Waals surface area contributed by atoms with Gasteiger partial charge in [0.15, 0.2) is 0 Å². The van der Waals surface area contributed by atoms with Crippen LogP contribution in [0.1, 0.15) is 38.3 Å². The fourth-order valence-corrected chi connectivity index (χ4v) is 3.38. The minimum atomic E-state index is -0.217.